The second kappa shape index (κ2) is 5.34. The maximum atomic E-state index is 4.33. The molecule has 0 aliphatic carbocycles. The van der Waals surface area contributed by atoms with Crippen LogP contribution in [0.3, 0.4) is 0 Å². The Kier molecular flexibility index (Phi) is 3.82. The zero-order valence-electron chi connectivity index (χ0n) is 7.98. The summed E-state index contributed by atoms with van der Waals surface area (Å²) in [6.45, 7) is 1.55. The summed E-state index contributed by atoms with van der Waals surface area (Å²) in [5, 5.41) is 5.34. The molecule has 2 aromatic rings. The third-order valence-electron chi connectivity index (χ3n) is 1.87. The lowest BCUT2D eigenvalue weighted by Gasteiger charge is -2.02. The smallest absolute Gasteiger partial charge is 0.106 e. The first-order chi connectivity index (χ1) is 7.34. The van der Waals surface area contributed by atoms with Crippen molar-refractivity contribution in [1.82, 2.24) is 15.3 Å². The molecule has 2 aromatic heterocycles. The van der Waals surface area contributed by atoms with Crippen LogP contribution in [0.25, 0.3) is 0 Å². The molecule has 0 aliphatic heterocycles. The first-order valence-electron chi connectivity index (χ1n) is 4.54. The Morgan fingerprint density at radius 3 is 2.87 bits per heavy atom. The van der Waals surface area contributed by atoms with Gasteiger partial charge in [-0.3, -0.25) is 0 Å². The van der Waals surface area contributed by atoms with Gasteiger partial charge in [0.15, 0.2) is 0 Å². The number of hydrogen-bond acceptors (Lipinski definition) is 4. The Balaban J connectivity index is 1.83. The van der Waals surface area contributed by atoms with Gasteiger partial charge >= 0.3 is 0 Å². The summed E-state index contributed by atoms with van der Waals surface area (Å²) in [6, 6.07) is 5.90. The molecule has 5 heteroatoms. The second-order valence-electron chi connectivity index (χ2n) is 3.03. The Labute approximate surface area is 101 Å². The van der Waals surface area contributed by atoms with Gasteiger partial charge in [-0.25, -0.2) is 9.97 Å². The van der Waals surface area contributed by atoms with E-state index in [0.717, 1.165) is 29.1 Å². The van der Waals surface area contributed by atoms with Crippen molar-refractivity contribution in [2.45, 2.75) is 13.1 Å². The minimum Gasteiger partial charge on any atom is -0.305 e. The summed E-state index contributed by atoms with van der Waals surface area (Å²) < 4.78 is 0.871. The van der Waals surface area contributed by atoms with E-state index in [9.17, 15) is 0 Å². The molecule has 1 N–H and O–H groups in total. The molecule has 2 heterocycles. The van der Waals surface area contributed by atoms with E-state index in [1.54, 1.807) is 11.3 Å². The zero-order valence-corrected chi connectivity index (χ0v) is 10.4. The number of nitrogens with zero attached hydrogens (tertiary/aromatic N) is 2. The molecule has 0 bridgehead atoms. The molecule has 0 atom stereocenters. The third-order valence-corrected chi connectivity index (χ3v) is 2.95. The topological polar surface area (TPSA) is 37.8 Å². The van der Waals surface area contributed by atoms with Crippen molar-refractivity contribution in [3.63, 3.8) is 0 Å². The maximum Gasteiger partial charge on any atom is 0.106 e. The van der Waals surface area contributed by atoms with Crippen LogP contribution in [0.2, 0.25) is 0 Å². The quantitative estimate of drug-likeness (QED) is 0.877. The Bertz CT molecular complexity index is 416. The first-order valence-corrected chi connectivity index (χ1v) is 6.27. The Morgan fingerprint density at radius 2 is 2.13 bits per heavy atom. The third kappa shape index (κ3) is 3.37. The van der Waals surface area contributed by atoms with Crippen LogP contribution in [-0.2, 0) is 13.1 Å². The number of halogens is 1. The van der Waals surface area contributed by atoms with Crippen molar-refractivity contribution >= 4 is 27.3 Å². The minimum absolute atomic E-state index is 0.761. The molecule has 0 saturated heterocycles. The van der Waals surface area contributed by atoms with Crippen LogP contribution in [0.4, 0.5) is 0 Å². The van der Waals surface area contributed by atoms with Crippen LogP contribution >= 0.6 is 27.3 Å². The molecular formula is C10H10BrN3S. The average molecular weight is 284 g/mol. The van der Waals surface area contributed by atoms with E-state index in [2.05, 4.69) is 31.2 Å². The molecule has 0 saturated carbocycles. The van der Waals surface area contributed by atoms with Crippen LogP contribution in [0, 0.1) is 0 Å². The molecule has 15 heavy (non-hydrogen) atoms. The van der Waals surface area contributed by atoms with Gasteiger partial charge in [-0.2, -0.15) is 0 Å². The van der Waals surface area contributed by atoms with E-state index in [0.29, 0.717) is 0 Å². The highest BCUT2D eigenvalue weighted by atomic mass is 79.9. The number of nitrogens with one attached hydrogen (secondary N) is 1. The van der Waals surface area contributed by atoms with E-state index in [1.165, 1.54) is 0 Å². The van der Waals surface area contributed by atoms with Gasteiger partial charge in [0.1, 0.15) is 4.60 Å². The predicted octanol–water partition coefficient (Wildman–Crippen LogP) is 2.59. The van der Waals surface area contributed by atoms with Crippen LogP contribution in [0.5, 0.6) is 0 Å². The highest BCUT2D eigenvalue weighted by molar-refractivity contribution is 9.10. The maximum absolute atomic E-state index is 4.33. The summed E-state index contributed by atoms with van der Waals surface area (Å²) in [5.74, 6) is 0. The molecule has 0 amide bonds. The van der Waals surface area contributed by atoms with E-state index in [4.69, 9.17) is 0 Å². The molecule has 0 fully saturated rings. The van der Waals surface area contributed by atoms with Crippen molar-refractivity contribution in [3.05, 3.63) is 45.1 Å². The molecule has 0 aromatic carbocycles. The van der Waals surface area contributed by atoms with Gasteiger partial charge in [-0.1, -0.05) is 6.07 Å². The van der Waals surface area contributed by atoms with Crippen molar-refractivity contribution < 1.29 is 0 Å². The Hall–Kier alpha value is -0.780. The van der Waals surface area contributed by atoms with Gasteiger partial charge in [0.25, 0.3) is 0 Å². The summed E-state index contributed by atoms with van der Waals surface area (Å²) in [4.78, 5) is 8.52. The van der Waals surface area contributed by atoms with Gasteiger partial charge < -0.3 is 5.32 Å². The van der Waals surface area contributed by atoms with Crippen molar-refractivity contribution in [2.24, 2.45) is 0 Å². The lowest BCUT2D eigenvalue weighted by atomic mass is 10.3. The molecular weight excluding hydrogens is 274 g/mol. The average Bonchev–Trinajstić information content (AvgIpc) is 2.71. The number of thiazole rings is 1. The summed E-state index contributed by atoms with van der Waals surface area (Å²) in [7, 11) is 0. The molecule has 0 aliphatic rings. The van der Waals surface area contributed by atoms with Crippen molar-refractivity contribution in [1.29, 1.82) is 0 Å². The lowest BCUT2D eigenvalue weighted by Crippen LogP contribution is -2.13. The highest BCUT2D eigenvalue weighted by Crippen LogP contribution is 2.06. The fraction of sp³-hybridized carbons (Fsp3) is 0.200. The predicted molar refractivity (Wildman–Crippen MR) is 64.6 cm³/mol. The Morgan fingerprint density at radius 1 is 1.27 bits per heavy atom. The van der Waals surface area contributed by atoms with Gasteiger partial charge in [0.05, 0.1) is 16.9 Å². The summed E-state index contributed by atoms with van der Waals surface area (Å²) >= 11 is 4.96. The van der Waals surface area contributed by atoms with E-state index < -0.39 is 0 Å². The normalized spacial score (nSPS) is 10.5. The molecule has 3 nitrogen and oxygen atoms in total. The molecule has 0 radical (unpaired) electrons. The van der Waals surface area contributed by atoms with Crippen LogP contribution in [0.1, 0.15) is 11.4 Å². The fourth-order valence-electron chi connectivity index (χ4n) is 1.19. The first kappa shape index (κ1) is 10.7. The standard InChI is InChI=1S/C10H10BrN3S/c11-10-3-1-2-8(14-10)4-12-5-9-6-15-7-13-9/h1-3,6-7,12H,4-5H2. The summed E-state index contributed by atoms with van der Waals surface area (Å²) in [6.07, 6.45) is 0. The number of aromatic nitrogens is 2. The van der Waals surface area contributed by atoms with Crippen molar-refractivity contribution in [2.75, 3.05) is 0 Å². The van der Waals surface area contributed by atoms with Crippen molar-refractivity contribution in [3.8, 4) is 0 Å². The molecule has 0 spiro atoms. The van der Waals surface area contributed by atoms with Gasteiger partial charge in [0.2, 0.25) is 0 Å². The van der Waals surface area contributed by atoms with Gasteiger partial charge in [-0.15, -0.1) is 11.3 Å². The molecule has 0 unspecified atom stereocenters. The van der Waals surface area contributed by atoms with Crippen LogP contribution in [0.15, 0.2) is 33.7 Å². The highest BCUT2D eigenvalue weighted by Gasteiger charge is 1.97. The monoisotopic (exact) mass is 283 g/mol. The fourth-order valence-corrected chi connectivity index (χ4v) is 2.13. The number of hydrogen-bond donors (Lipinski definition) is 1. The second-order valence-corrected chi connectivity index (χ2v) is 4.57. The van der Waals surface area contributed by atoms with Gasteiger partial charge in [-0.05, 0) is 28.1 Å². The SMILES string of the molecule is Brc1cccc(CNCc2cscn2)n1. The van der Waals surface area contributed by atoms with E-state index >= 15 is 0 Å². The largest absolute Gasteiger partial charge is 0.305 e. The zero-order chi connectivity index (χ0) is 10.5. The number of pyridine rings is 1. The molecule has 2 rings (SSSR count). The van der Waals surface area contributed by atoms with Gasteiger partial charge in [0, 0.05) is 18.5 Å². The van der Waals surface area contributed by atoms with E-state index in [-0.39, 0.29) is 0 Å². The van der Waals surface area contributed by atoms with Crippen LogP contribution in [-0.4, -0.2) is 9.97 Å². The number of rotatable bonds is 4. The molecule has 78 valence electrons. The summed E-state index contributed by atoms with van der Waals surface area (Å²) in [5.41, 5.74) is 3.95. The van der Waals surface area contributed by atoms with Crippen LogP contribution < -0.4 is 5.32 Å². The minimum atomic E-state index is 0.761. The van der Waals surface area contributed by atoms with E-state index in [1.807, 2.05) is 29.1 Å². The lowest BCUT2D eigenvalue weighted by molar-refractivity contribution is 0.669.